The van der Waals surface area contributed by atoms with E-state index >= 15 is 0 Å². The minimum atomic E-state index is -0.579. The highest BCUT2D eigenvalue weighted by Gasteiger charge is 2.22. The van der Waals surface area contributed by atoms with E-state index in [9.17, 15) is 10.2 Å². The first-order valence-corrected chi connectivity index (χ1v) is 7.98. The highest BCUT2D eigenvalue weighted by molar-refractivity contribution is 6.30. The Morgan fingerprint density at radius 3 is 2.90 bits per heavy atom. The average Bonchev–Trinajstić information content (AvgIpc) is 2.47. The molecular weight excluding hydrogens is 290 g/mol. The summed E-state index contributed by atoms with van der Waals surface area (Å²) in [6, 6.07) is 7.12. The van der Waals surface area contributed by atoms with Crippen molar-refractivity contribution in [1.29, 1.82) is 0 Å². The van der Waals surface area contributed by atoms with Gasteiger partial charge in [-0.1, -0.05) is 30.5 Å². The van der Waals surface area contributed by atoms with E-state index in [-0.39, 0.29) is 12.7 Å². The molecule has 1 aliphatic carbocycles. The average molecular weight is 314 g/mol. The van der Waals surface area contributed by atoms with Gasteiger partial charge in [-0.3, -0.25) is 0 Å². The van der Waals surface area contributed by atoms with E-state index in [0.29, 0.717) is 23.2 Å². The number of benzene rings is 1. The number of halogens is 1. The molecule has 0 aromatic heterocycles. The Morgan fingerprint density at radius 1 is 1.33 bits per heavy atom. The Kier molecular flexibility index (Phi) is 6.77. The zero-order valence-corrected chi connectivity index (χ0v) is 12.9. The summed E-state index contributed by atoms with van der Waals surface area (Å²) < 4.78 is 5.49. The zero-order chi connectivity index (χ0) is 15.1. The van der Waals surface area contributed by atoms with Gasteiger partial charge >= 0.3 is 0 Å². The summed E-state index contributed by atoms with van der Waals surface area (Å²) in [6.07, 6.45) is 3.48. The van der Waals surface area contributed by atoms with Gasteiger partial charge in [0.25, 0.3) is 0 Å². The van der Waals surface area contributed by atoms with Crippen LogP contribution in [0.4, 0.5) is 0 Å². The highest BCUT2D eigenvalue weighted by atomic mass is 35.5. The van der Waals surface area contributed by atoms with Crippen LogP contribution in [0.1, 0.15) is 25.7 Å². The minimum absolute atomic E-state index is 0.203. The van der Waals surface area contributed by atoms with Crippen molar-refractivity contribution in [3.63, 3.8) is 0 Å². The maximum absolute atomic E-state index is 9.89. The molecule has 1 aromatic rings. The van der Waals surface area contributed by atoms with E-state index < -0.39 is 6.10 Å². The van der Waals surface area contributed by atoms with Gasteiger partial charge in [0.2, 0.25) is 0 Å². The van der Waals surface area contributed by atoms with Crippen LogP contribution in [0.15, 0.2) is 24.3 Å². The predicted molar refractivity (Wildman–Crippen MR) is 83.8 cm³/mol. The number of nitrogens with one attached hydrogen (secondary N) is 1. The largest absolute Gasteiger partial charge is 0.491 e. The van der Waals surface area contributed by atoms with Crippen LogP contribution in [-0.2, 0) is 0 Å². The van der Waals surface area contributed by atoms with Crippen molar-refractivity contribution in [3.05, 3.63) is 29.3 Å². The normalized spacial score (nSPS) is 23.8. The van der Waals surface area contributed by atoms with Crippen LogP contribution in [0.25, 0.3) is 0 Å². The lowest BCUT2D eigenvalue weighted by molar-refractivity contribution is 0.0635. The summed E-state index contributed by atoms with van der Waals surface area (Å²) in [5.41, 5.74) is 0. The highest BCUT2D eigenvalue weighted by Crippen LogP contribution is 2.23. The zero-order valence-electron chi connectivity index (χ0n) is 12.2. The van der Waals surface area contributed by atoms with E-state index in [1.54, 1.807) is 12.1 Å². The van der Waals surface area contributed by atoms with Crippen LogP contribution in [0.3, 0.4) is 0 Å². The van der Waals surface area contributed by atoms with Gasteiger partial charge in [-0.25, -0.2) is 0 Å². The molecule has 0 bridgehead atoms. The lowest BCUT2D eigenvalue weighted by Crippen LogP contribution is -2.38. The van der Waals surface area contributed by atoms with Crippen LogP contribution >= 0.6 is 11.6 Å². The first-order chi connectivity index (χ1) is 10.1. The quantitative estimate of drug-likeness (QED) is 0.722. The lowest BCUT2D eigenvalue weighted by Gasteiger charge is -2.28. The topological polar surface area (TPSA) is 61.7 Å². The SMILES string of the molecule is OC(CNCC1CCCCC1O)COc1cccc(Cl)c1. The summed E-state index contributed by atoms with van der Waals surface area (Å²) in [6.45, 7) is 1.43. The molecule has 0 aliphatic heterocycles. The van der Waals surface area contributed by atoms with Gasteiger partial charge in [-0.2, -0.15) is 0 Å². The fourth-order valence-electron chi connectivity index (χ4n) is 2.67. The molecule has 1 aliphatic rings. The fourth-order valence-corrected chi connectivity index (χ4v) is 2.85. The first-order valence-electron chi connectivity index (χ1n) is 7.60. The number of hydrogen-bond donors (Lipinski definition) is 3. The van der Waals surface area contributed by atoms with Gasteiger partial charge < -0.3 is 20.3 Å². The van der Waals surface area contributed by atoms with E-state index in [2.05, 4.69) is 5.32 Å². The summed E-state index contributed by atoms with van der Waals surface area (Å²) in [5, 5.41) is 23.6. The molecule has 3 atom stereocenters. The van der Waals surface area contributed by atoms with Gasteiger partial charge in [0, 0.05) is 18.1 Å². The molecule has 5 heteroatoms. The summed E-state index contributed by atoms with van der Waals surface area (Å²) >= 11 is 5.86. The second kappa shape index (κ2) is 8.59. The maximum Gasteiger partial charge on any atom is 0.120 e. The number of hydrogen-bond acceptors (Lipinski definition) is 4. The van der Waals surface area contributed by atoms with E-state index in [1.165, 1.54) is 6.42 Å². The molecule has 1 saturated carbocycles. The maximum atomic E-state index is 9.89. The number of rotatable bonds is 7. The van der Waals surface area contributed by atoms with Crippen molar-refractivity contribution in [2.24, 2.45) is 5.92 Å². The molecule has 21 heavy (non-hydrogen) atoms. The summed E-state index contributed by atoms with van der Waals surface area (Å²) in [4.78, 5) is 0. The van der Waals surface area contributed by atoms with Crippen molar-refractivity contribution in [2.45, 2.75) is 37.9 Å². The molecule has 0 saturated heterocycles. The monoisotopic (exact) mass is 313 g/mol. The molecule has 3 unspecified atom stereocenters. The van der Waals surface area contributed by atoms with Crippen LogP contribution in [0.5, 0.6) is 5.75 Å². The predicted octanol–water partition coefficient (Wildman–Crippen LogP) is 2.22. The first kappa shape index (κ1) is 16.6. The number of ether oxygens (including phenoxy) is 1. The van der Waals surface area contributed by atoms with Gasteiger partial charge in [-0.05, 0) is 37.0 Å². The molecule has 3 N–H and O–H groups in total. The fraction of sp³-hybridized carbons (Fsp3) is 0.625. The van der Waals surface area contributed by atoms with Crippen molar-refractivity contribution < 1.29 is 14.9 Å². The smallest absolute Gasteiger partial charge is 0.120 e. The molecule has 0 amide bonds. The molecule has 0 spiro atoms. The molecule has 2 rings (SSSR count). The van der Waals surface area contributed by atoms with Crippen molar-refractivity contribution in [1.82, 2.24) is 5.32 Å². The number of aliphatic hydroxyl groups excluding tert-OH is 2. The van der Waals surface area contributed by atoms with Crippen molar-refractivity contribution in [3.8, 4) is 5.75 Å². The standard InChI is InChI=1S/C16H24ClNO3/c17-13-5-3-6-15(8-13)21-11-14(19)10-18-9-12-4-1-2-7-16(12)20/h3,5-6,8,12,14,16,18-20H,1-2,4,7,9-11H2. The molecule has 1 fully saturated rings. The molecule has 0 heterocycles. The Hall–Kier alpha value is -0.810. The lowest BCUT2D eigenvalue weighted by atomic mass is 9.86. The molecule has 4 nitrogen and oxygen atoms in total. The molecule has 118 valence electrons. The van der Waals surface area contributed by atoms with Crippen LogP contribution < -0.4 is 10.1 Å². The second-order valence-corrected chi connectivity index (χ2v) is 6.13. The Balaban J connectivity index is 1.62. The Bertz CT molecular complexity index is 430. The van der Waals surface area contributed by atoms with Crippen LogP contribution in [-0.4, -0.2) is 42.1 Å². The Labute approximate surface area is 131 Å². The van der Waals surface area contributed by atoms with Gasteiger partial charge in [0.15, 0.2) is 0 Å². The second-order valence-electron chi connectivity index (χ2n) is 5.69. The molecule has 1 aromatic carbocycles. The summed E-state index contributed by atoms with van der Waals surface area (Å²) in [7, 11) is 0. The van der Waals surface area contributed by atoms with E-state index in [4.69, 9.17) is 16.3 Å². The van der Waals surface area contributed by atoms with Crippen LogP contribution in [0, 0.1) is 5.92 Å². The van der Waals surface area contributed by atoms with Gasteiger partial charge in [0.05, 0.1) is 6.10 Å². The van der Waals surface area contributed by atoms with Gasteiger partial charge in [-0.15, -0.1) is 0 Å². The molecular formula is C16H24ClNO3. The van der Waals surface area contributed by atoms with E-state index in [0.717, 1.165) is 25.8 Å². The van der Waals surface area contributed by atoms with Crippen molar-refractivity contribution in [2.75, 3.05) is 19.7 Å². The minimum Gasteiger partial charge on any atom is -0.491 e. The third-order valence-electron chi connectivity index (χ3n) is 3.89. The van der Waals surface area contributed by atoms with Crippen molar-refractivity contribution >= 4 is 11.6 Å². The van der Waals surface area contributed by atoms with E-state index in [1.807, 2.05) is 12.1 Å². The van der Waals surface area contributed by atoms with Gasteiger partial charge in [0.1, 0.15) is 18.5 Å². The Morgan fingerprint density at radius 2 is 2.14 bits per heavy atom. The van der Waals surface area contributed by atoms with Crippen LogP contribution in [0.2, 0.25) is 5.02 Å². The third kappa shape index (κ3) is 5.83. The summed E-state index contributed by atoms with van der Waals surface area (Å²) in [5.74, 6) is 0.962. The number of aliphatic hydroxyl groups is 2. The molecule has 0 radical (unpaired) electrons. The third-order valence-corrected chi connectivity index (χ3v) is 4.13.